The van der Waals surface area contributed by atoms with E-state index >= 15 is 0 Å². The molecule has 0 amide bonds. The van der Waals surface area contributed by atoms with Crippen LogP contribution in [0, 0.1) is 6.92 Å². The van der Waals surface area contributed by atoms with Gasteiger partial charge >= 0.3 is 0 Å². The zero-order valence-corrected chi connectivity index (χ0v) is 12.0. The summed E-state index contributed by atoms with van der Waals surface area (Å²) in [7, 11) is 1.68. The third kappa shape index (κ3) is 4.51. The number of aliphatic hydroxyl groups is 1. The van der Waals surface area contributed by atoms with Crippen molar-refractivity contribution in [3.05, 3.63) is 20.3 Å². The lowest BCUT2D eigenvalue weighted by Crippen LogP contribution is -2.33. The second-order valence-corrected chi connectivity index (χ2v) is 6.17. The average Bonchev–Trinajstić information content (AvgIpc) is 2.56. The van der Waals surface area contributed by atoms with Gasteiger partial charge in [-0.25, -0.2) is 0 Å². The number of aryl methyl sites for hydroxylation is 1. The summed E-state index contributed by atoms with van der Waals surface area (Å²) in [5.74, 6) is 0. The first-order chi connectivity index (χ1) is 7.67. The minimum absolute atomic E-state index is 0.189. The number of methoxy groups -OCH3 is 1. The van der Waals surface area contributed by atoms with Crippen molar-refractivity contribution in [1.82, 2.24) is 5.32 Å². The van der Waals surface area contributed by atoms with Crippen LogP contribution in [0.4, 0.5) is 0 Å². The molecular formula is C11H18BrNO2S. The number of rotatable bonds is 7. The highest BCUT2D eigenvalue weighted by Crippen LogP contribution is 2.27. The van der Waals surface area contributed by atoms with Crippen LogP contribution in [0.2, 0.25) is 0 Å². The number of aliphatic hydroxyl groups excluding tert-OH is 1. The Hall–Kier alpha value is 0.0600. The van der Waals surface area contributed by atoms with E-state index in [1.54, 1.807) is 18.4 Å². The number of nitrogens with one attached hydrogen (secondary N) is 1. The second-order valence-electron chi connectivity index (χ2n) is 3.71. The van der Waals surface area contributed by atoms with Crippen LogP contribution in [0.15, 0.2) is 9.85 Å². The van der Waals surface area contributed by atoms with Crippen molar-refractivity contribution in [2.45, 2.75) is 25.9 Å². The van der Waals surface area contributed by atoms with E-state index in [1.807, 2.05) is 0 Å². The van der Waals surface area contributed by atoms with Crippen molar-refractivity contribution in [2.24, 2.45) is 0 Å². The zero-order chi connectivity index (χ0) is 12.0. The van der Waals surface area contributed by atoms with Crippen molar-refractivity contribution in [3.8, 4) is 0 Å². The van der Waals surface area contributed by atoms with E-state index in [0.29, 0.717) is 6.61 Å². The lowest BCUT2D eigenvalue weighted by atomic mass is 10.2. The molecule has 1 heterocycles. The highest BCUT2D eigenvalue weighted by Gasteiger charge is 2.08. The molecule has 1 aromatic rings. The number of thiophene rings is 1. The molecule has 92 valence electrons. The predicted octanol–water partition coefficient (Wildman–Crippen LogP) is 2.31. The zero-order valence-electron chi connectivity index (χ0n) is 9.62. The maximum absolute atomic E-state index is 8.91. The Morgan fingerprint density at radius 3 is 2.88 bits per heavy atom. The van der Waals surface area contributed by atoms with Gasteiger partial charge in [0.15, 0.2) is 0 Å². The summed E-state index contributed by atoms with van der Waals surface area (Å²) in [4.78, 5) is 1.29. The van der Waals surface area contributed by atoms with Gasteiger partial charge in [-0.15, -0.1) is 11.3 Å². The van der Waals surface area contributed by atoms with Gasteiger partial charge in [-0.1, -0.05) is 0 Å². The summed E-state index contributed by atoms with van der Waals surface area (Å²) in [6.07, 6.45) is 0.722. The molecule has 0 fully saturated rings. The van der Waals surface area contributed by atoms with E-state index in [0.717, 1.165) is 13.0 Å². The van der Waals surface area contributed by atoms with Crippen molar-refractivity contribution in [2.75, 3.05) is 20.3 Å². The monoisotopic (exact) mass is 307 g/mol. The first-order valence-electron chi connectivity index (χ1n) is 5.25. The third-order valence-corrected chi connectivity index (χ3v) is 4.46. The topological polar surface area (TPSA) is 41.5 Å². The van der Waals surface area contributed by atoms with Gasteiger partial charge in [-0.3, -0.25) is 0 Å². The highest BCUT2D eigenvalue weighted by molar-refractivity contribution is 9.11. The molecule has 1 atom stereocenters. The van der Waals surface area contributed by atoms with Crippen molar-refractivity contribution < 1.29 is 9.84 Å². The molecule has 0 aliphatic carbocycles. The first-order valence-corrected chi connectivity index (χ1v) is 6.86. The summed E-state index contributed by atoms with van der Waals surface area (Å²) in [5.41, 5.74) is 1.27. The molecule has 0 saturated heterocycles. The fourth-order valence-electron chi connectivity index (χ4n) is 1.46. The third-order valence-electron chi connectivity index (χ3n) is 2.32. The van der Waals surface area contributed by atoms with E-state index in [-0.39, 0.29) is 12.6 Å². The van der Waals surface area contributed by atoms with E-state index in [9.17, 15) is 0 Å². The lowest BCUT2D eigenvalue weighted by molar-refractivity contribution is 0.148. The van der Waals surface area contributed by atoms with Gasteiger partial charge in [0, 0.05) is 31.2 Å². The minimum atomic E-state index is 0.189. The Bertz CT molecular complexity index is 291. The molecule has 0 aliphatic heterocycles. The molecule has 16 heavy (non-hydrogen) atoms. The molecule has 1 rings (SSSR count). The van der Waals surface area contributed by atoms with E-state index in [1.165, 1.54) is 14.2 Å². The molecule has 0 radical (unpaired) electrons. The normalized spacial score (nSPS) is 13.0. The standard InChI is InChI=1S/C11H18BrNO2S/c1-8-5-10(16-11(8)12)6-13-9(3-4-14)7-15-2/h5,9,13-14H,3-4,6-7H2,1-2H3. The Kier molecular flexibility index (Phi) is 6.53. The highest BCUT2D eigenvalue weighted by atomic mass is 79.9. The van der Waals surface area contributed by atoms with Gasteiger partial charge in [0.2, 0.25) is 0 Å². The molecule has 3 nitrogen and oxygen atoms in total. The van der Waals surface area contributed by atoms with Gasteiger partial charge in [-0.2, -0.15) is 0 Å². The Balaban J connectivity index is 2.41. The maximum Gasteiger partial charge on any atom is 0.0730 e. The molecule has 0 bridgehead atoms. The molecule has 0 saturated carbocycles. The van der Waals surface area contributed by atoms with Crippen LogP contribution in [-0.4, -0.2) is 31.5 Å². The quantitative estimate of drug-likeness (QED) is 0.812. The summed E-state index contributed by atoms with van der Waals surface area (Å²) >= 11 is 5.25. The summed E-state index contributed by atoms with van der Waals surface area (Å²) in [6.45, 7) is 3.73. The van der Waals surface area contributed by atoms with Gasteiger partial charge in [0.05, 0.1) is 10.4 Å². The lowest BCUT2D eigenvalue weighted by Gasteiger charge is -2.15. The van der Waals surface area contributed by atoms with E-state index in [4.69, 9.17) is 9.84 Å². The number of halogens is 1. The molecule has 5 heteroatoms. The van der Waals surface area contributed by atoms with Crippen LogP contribution in [0.5, 0.6) is 0 Å². The summed E-state index contributed by atoms with van der Waals surface area (Å²) < 4.78 is 6.28. The van der Waals surface area contributed by atoms with Gasteiger partial charge in [0.1, 0.15) is 0 Å². The van der Waals surface area contributed by atoms with Crippen molar-refractivity contribution >= 4 is 27.3 Å². The van der Waals surface area contributed by atoms with Crippen LogP contribution in [0.1, 0.15) is 16.9 Å². The summed E-state index contributed by atoms with van der Waals surface area (Å²) in [6, 6.07) is 2.39. The van der Waals surface area contributed by atoms with E-state index < -0.39 is 0 Å². The van der Waals surface area contributed by atoms with E-state index in [2.05, 4.69) is 34.2 Å². The van der Waals surface area contributed by atoms with Crippen molar-refractivity contribution in [1.29, 1.82) is 0 Å². The molecule has 0 aromatic carbocycles. The van der Waals surface area contributed by atoms with Crippen LogP contribution in [0.25, 0.3) is 0 Å². The average molecular weight is 308 g/mol. The predicted molar refractivity (Wildman–Crippen MR) is 71.0 cm³/mol. The molecular weight excluding hydrogens is 290 g/mol. The number of ether oxygens (including phenoxy) is 1. The Labute approximate surface area is 109 Å². The van der Waals surface area contributed by atoms with Crippen LogP contribution >= 0.6 is 27.3 Å². The van der Waals surface area contributed by atoms with Crippen LogP contribution in [-0.2, 0) is 11.3 Å². The van der Waals surface area contributed by atoms with Gasteiger partial charge < -0.3 is 15.2 Å². The van der Waals surface area contributed by atoms with Crippen LogP contribution in [0.3, 0.4) is 0 Å². The molecule has 1 aromatic heterocycles. The summed E-state index contributed by atoms with van der Waals surface area (Å²) in [5, 5.41) is 12.3. The van der Waals surface area contributed by atoms with Crippen LogP contribution < -0.4 is 5.32 Å². The smallest absolute Gasteiger partial charge is 0.0730 e. The fourth-order valence-corrected chi connectivity index (χ4v) is 3.04. The molecule has 2 N–H and O–H groups in total. The Morgan fingerprint density at radius 1 is 1.62 bits per heavy atom. The molecule has 0 spiro atoms. The second kappa shape index (κ2) is 7.40. The first kappa shape index (κ1) is 14.1. The largest absolute Gasteiger partial charge is 0.396 e. The Morgan fingerprint density at radius 2 is 2.38 bits per heavy atom. The number of hydrogen-bond acceptors (Lipinski definition) is 4. The number of hydrogen-bond donors (Lipinski definition) is 2. The SMILES string of the molecule is COCC(CCO)NCc1cc(C)c(Br)s1. The molecule has 1 unspecified atom stereocenters. The fraction of sp³-hybridized carbons (Fsp3) is 0.636. The molecule has 0 aliphatic rings. The van der Waals surface area contributed by atoms with Gasteiger partial charge in [0.25, 0.3) is 0 Å². The maximum atomic E-state index is 8.91. The van der Waals surface area contributed by atoms with Crippen molar-refractivity contribution in [3.63, 3.8) is 0 Å². The van der Waals surface area contributed by atoms with Gasteiger partial charge in [-0.05, 0) is 40.9 Å². The minimum Gasteiger partial charge on any atom is -0.396 e.